The fourth-order valence-electron chi connectivity index (χ4n) is 2.71. The van der Waals surface area contributed by atoms with Gasteiger partial charge in [0.1, 0.15) is 4.90 Å². The number of benzene rings is 2. The van der Waals surface area contributed by atoms with Gasteiger partial charge >= 0.3 is 0 Å². The molecule has 0 bridgehead atoms. The van der Waals surface area contributed by atoms with Crippen LogP contribution in [-0.2, 0) is 10.0 Å². The molecule has 2 aromatic carbocycles. The normalized spacial score (nSPS) is 14.6. The molecule has 0 N–H and O–H groups in total. The molecule has 0 fully saturated rings. The second kappa shape index (κ2) is 7.28. The first kappa shape index (κ1) is 18.7. The average Bonchev–Trinajstić information content (AvgIpc) is 2.96. The maximum absolute atomic E-state index is 12.2. The van der Waals surface area contributed by atoms with Crippen molar-refractivity contribution in [3.8, 4) is 17.2 Å². The maximum atomic E-state index is 12.2. The van der Waals surface area contributed by atoms with E-state index in [0.29, 0.717) is 28.4 Å². The second-order valence-corrected chi connectivity index (χ2v) is 7.19. The molecular formula is C18H19N3O5S. The van der Waals surface area contributed by atoms with Gasteiger partial charge in [0, 0.05) is 18.2 Å². The number of rotatable bonds is 5. The molecule has 0 amide bonds. The van der Waals surface area contributed by atoms with Gasteiger partial charge in [-0.2, -0.15) is 13.5 Å². The highest BCUT2D eigenvalue weighted by Crippen LogP contribution is 2.37. The molecule has 1 aliphatic rings. The van der Waals surface area contributed by atoms with Gasteiger partial charge in [-0.25, -0.2) is 5.01 Å². The zero-order valence-electron chi connectivity index (χ0n) is 15.3. The monoisotopic (exact) mass is 389 g/mol. The molecule has 9 heteroatoms. The summed E-state index contributed by atoms with van der Waals surface area (Å²) in [5.74, 6) is 1.72. The summed E-state index contributed by atoms with van der Waals surface area (Å²) in [6.45, 7) is 0. The van der Waals surface area contributed by atoms with E-state index in [0.717, 1.165) is 0 Å². The number of hydrazone groups is 1. The van der Waals surface area contributed by atoms with Crippen molar-refractivity contribution in [2.24, 2.45) is 9.50 Å². The number of nitrogens with zero attached hydrogens (tertiary/aromatic N) is 3. The SMILES string of the molecule is COc1cc(/C=N\N(C)C2=NS(=O)(=O)c3ccccc32)cc(OC)c1OC. The van der Waals surface area contributed by atoms with Crippen LogP contribution in [-0.4, -0.2) is 53.9 Å². The summed E-state index contributed by atoms with van der Waals surface area (Å²) in [5.41, 5.74) is 1.20. The minimum absolute atomic E-state index is 0.176. The number of hydrogen-bond donors (Lipinski definition) is 0. The summed E-state index contributed by atoms with van der Waals surface area (Å²) in [6, 6.07) is 10.1. The molecular weight excluding hydrogens is 370 g/mol. The molecule has 1 heterocycles. The Morgan fingerprint density at radius 3 is 2.26 bits per heavy atom. The molecule has 0 radical (unpaired) electrons. The zero-order chi connectivity index (χ0) is 19.6. The van der Waals surface area contributed by atoms with Crippen LogP contribution in [0.4, 0.5) is 0 Å². The molecule has 142 valence electrons. The lowest BCUT2D eigenvalue weighted by atomic mass is 10.2. The van der Waals surface area contributed by atoms with Gasteiger partial charge in [-0.3, -0.25) is 0 Å². The summed E-state index contributed by atoms with van der Waals surface area (Å²) in [4.78, 5) is 0.176. The van der Waals surface area contributed by atoms with Gasteiger partial charge in [-0.1, -0.05) is 12.1 Å². The van der Waals surface area contributed by atoms with Gasteiger partial charge in [0.15, 0.2) is 17.3 Å². The molecule has 0 unspecified atom stereocenters. The number of amidine groups is 1. The molecule has 8 nitrogen and oxygen atoms in total. The Bertz CT molecular complexity index is 1010. The third-order valence-corrected chi connectivity index (χ3v) is 5.31. The largest absolute Gasteiger partial charge is 0.493 e. The van der Waals surface area contributed by atoms with Crippen molar-refractivity contribution < 1.29 is 22.6 Å². The molecule has 27 heavy (non-hydrogen) atoms. The van der Waals surface area contributed by atoms with Crippen molar-refractivity contribution in [3.63, 3.8) is 0 Å². The highest BCUT2D eigenvalue weighted by atomic mass is 32.2. The van der Waals surface area contributed by atoms with Crippen molar-refractivity contribution in [1.82, 2.24) is 5.01 Å². The Hall–Kier alpha value is -3.07. The van der Waals surface area contributed by atoms with Crippen molar-refractivity contribution in [2.75, 3.05) is 28.4 Å². The highest BCUT2D eigenvalue weighted by molar-refractivity contribution is 7.90. The minimum atomic E-state index is -3.70. The van der Waals surface area contributed by atoms with E-state index in [1.165, 1.54) is 32.4 Å². The summed E-state index contributed by atoms with van der Waals surface area (Å²) < 4.78 is 44.1. The molecule has 0 aromatic heterocycles. The van der Waals surface area contributed by atoms with Gasteiger partial charge in [-0.15, -0.1) is 4.40 Å². The Balaban J connectivity index is 1.93. The van der Waals surface area contributed by atoms with Crippen molar-refractivity contribution in [2.45, 2.75) is 4.90 Å². The lowest BCUT2D eigenvalue weighted by molar-refractivity contribution is 0.324. The molecule has 1 aliphatic heterocycles. The Morgan fingerprint density at radius 1 is 1.04 bits per heavy atom. The third-order valence-electron chi connectivity index (χ3n) is 3.99. The first-order valence-electron chi connectivity index (χ1n) is 7.93. The van der Waals surface area contributed by atoms with E-state index < -0.39 is 10.0 Å². The lowest BCUT2D eigenvalue weighted by Gasteiger charge is -2.14. The maximum Gasteiger partial charge on any atom is 0.285 e. The fourth-order valence-corrected chi connectivity index (χ4v) is 3.94. The molecule has 0 spiro atoms. The summed E-state index contributed by atoms with van der Waals surface area (Å²) in [5, 5.41) is 5.72. The van der Waals surface area contributed by atoms with Crippen molar-refractivity contribution >= 4 is 22.1 Å². The van der Waals surface area contributed by atoms with Gasteiger partial charge in [0.05, 0.1) is 27.5 Å². The zero-order valence-corrected chi connectivity index (χ0v) is 16.1. The Kier molecular flexibility index (Phi) is 5.04. The van der Waals surface area contributed by atoms with E-state index in [4.69, 9.17) is 14.2 Å². The molecule has 0 saturated carbocycles. The van der Waals surface area contributed by atoms with Crippen LogP contribution < -0.4 is 14.2 Å². The first-order valence-corrected chi connectivity index (χ1v) is 9.37. The predicted molar refractivity (Wildman–Crippen MR) is 102 cm³/mol. The van der Waals surface area contributed by atoms with Crippen molar-refractivity contribution in [3.05, 3.63) is 47.5 Å². The van der Waals surface area contributed by atoms with Gasteiger partial charge < -0.3 is 14.2 Å². The Labute approximate surface area is 157 Å². The molecule has 2 aromatic rings. The number of methoxy groups -OCH3 is 3. The van der Waals surface area contributed by atoms with Gasteiger partial charge in [0.2, 0.25) is 5.75 Å². The number of fused-ring (bicyclic) bond motifs is 1. The molecule has 0 atom stereocenters. The average molecular weight is 389 g/mol. The second-order valence-electron chi connectivity index (χ2n) is 5.61. The van der Waals surface area contributed by atoms with Crippen LogP contribution in [0.3, 0.4) is 0 Å². The van der Waals surface area contributed by atoms with E-state index >= 15 is 0 Å². The van der Waals surface area contributed by atoms with E-state index in [9.17, 15) is 8.42 Å². The van der Waals surface area contributed by atoms with Crippen LogP contribution in [0.2, 0.25) is 0 Å². The number of sulfonamides is 1. The smallest absolute Gasteiger partial charge is 0.285 e. The summed E-state index contributed by atoms with van der Waals surface area (Å²) in [7, 11) is 2.51. The molecule has 0 saturated heterocycles. The van der Waals surface area contributed by atoms with Crippen LogP contribution in [0, 0.1) is 0 Å². The number of ether oxygens (including phenoxy) is 3. The van der Waals surface area contributed by atoms with Crippen LogP contribution in [0.25, 0.3) is 0 Å². The summed E-state index contributed by atoms with van der Waals surface area (Å²) >= 11 is 0. The standard InChI is InChI=1S/C18H19N3O5S/c1-21(18-13-7-5-6-8-16(13)27(22,23)20-18)19-11-12-9-14(24-2)17(26-4)15(10-12)25-3/h5-11H,1-4H3/b19-11-. The minimum Gasteiger partial charge on any atom is -0.493 e. The fraction of sp³-hybridized carbons (Fsp3) is 0.222. The molecule has 3 rings (SSSR count). The lowest BCUT2D eigenvalue weighted by Crippen LogP contribution is -2.21. The third kappa shape index (κ3) is 3.45. The van der Waals surface area contributed by atoms with Gasteiger partial charge in [-0.05, 0) is 24.3 Å². The van der Waals surface area contributed by atoms with E-state index in [-0.39, 0.29) is 10.7 Å². The van der Waals surface area contributed by atoms with E-state index in [2.05, 4.69) is 9.50 Å². The van der Waals surface area contributed by atoms with Crippen LogP contribution >= 0.6 is 0 Å². The quantitative estimate of drug-likeness (QED) is 0.575. The number of hydrogen-bond acceptors (Lipinski definition) is 7. The predicted octanol–water partition coefficient (Wildman–Crippen LogP) is 2.13. The van der Waals surface area contributed by atoms with Crippen LogP contribution in [0.5, 0.6) is 17.2 Å². The van der Waals surface area contributed by atoms with Crippen LogP contribution in [0.15, 0.2) is 50.8 Å². The van der Waals surface area contributed by atoms with Crippen LogP contribution in [0.1, 0.15) is 11.1 Å². The van der Waals surface area contributed by atoms with E-state index in [1.54, 1.807) is 43.6 Å². The van der Waals surface area contributed by atoms with Crippen molar-refractivity contribution in [1.29, 1.82) is 0 Å². The topological polar surface area (TPSA) is 89.8 Å². The highest BCUT2D eigenvalue weighted by Gasteiger charge is 2.30. The first-order chi connectivity index (χ1) is 12.9. The van der Waals surface area contributed by atoms with E-state index in [1.807, 2.05) is 0 Å². The Morgan fingerprint density at radius 2 is 1.67 bits per heavy atom. The molecule has 0 aliphatic carbocycles. The van der Waals surface area contributed by atoms with Gasteiger partial charge in [0.25, 0.3) is 10.0 Å². The summed E-state index contributed by atoms with van der Waals surface area (Å²) in [6.07, 6.45) is 1.56.